The average molecular weight is 289 g/mol. The molecule has 0 aliphatic carbocycles. The molecule has 1 aromatic rings. The van der Waals surface area contributed by atoms with E-state index in [9.17, 15) is 9.59 Å². The molecule has 0 saturated carbocycles. The Morgan fingerprint density at radius 2 is 2.05 bits per heavy atom. The lowest BCUT2D eigenvalue weighted by atomic mass is 9.84. The summed E-state index contributed by atoms with van der Waals surface area (Å²) in [6, 6.07) is 9.75. The van der Waals surface area contributed by atoms with Crippen molar-refractivity contribution in [2.45, 2.75) is 32.6 Å². The van der Waals surface area contributed by atoms with Crippen LogP contribution in [-0.4, -0.2) is 35.0 Å². The molecule has 0 spiro atoms. The van der Waals surface area contributed by atoms with Crippen LogP contribution in [0.2, 0.25) is 0 Å². The van der Waals surface area contributed by atoms with Crippen molar-refractivity contribution in [1.82, 2.24) is 4.90 Å². The largest absolute Gasteiger partial charge is 0.481 e. The highest BCUT2D eigenvalue weighted by atomic mass is 16.4. The second kappa shape index (κ2) is 7.25. The van der Waals surface area contributed by atoms with Crippen molar-refractivity contribution in [1.29, 1.82) is 0 Å². The summed E-state index contributed by atoms with van der Waals surface area (Å²) in [4.78, 5) is 25.1. The SMILES string of the molecule is CC(CC(=O)O)C1CCCN(C(=O)Cc2ccccc2)C1. The zero-order valence-electron chi connectivity index (χ0n) is 12.5. The molecule has 2 atom stereocenters. The minimum Gasteiger partial charge on any atom is -0.481 e. The van der Waals surface area contributed by atoms with Gasteiger partial charge >= 0.3 is 5.97 Å². The molecular formula is C17H23NO3. The Kier molecular flexibility index (Phi) is 5.37. The molecular weight excluding hydrogens is 266 g/mol. The monoisotopic (exact) mass is 289 g/mol. The Hall–Kier alpha value is -1.84. The number of carboxylic acid groups (broad SMARTS) is 1. The number of benzene rings is 1. The third-order valence-corrected chi connectivity index (χ3v) is 4.31. The predicted molar refractivity (Wildman–Crippen MR) is 80.9 cm³/mol. The smallest absolute Gasteiger partial charge is 0.303 e. The molecule has 1 aliphatic rings. The van der Waals surface area contributed by atoms with Crippen LogP contribution in [0.3, 0.4) is 0 Å². The molecule has 1 fully saturated rings. The molecule has 4 heteroatoms. The van der Waals surface area contributed by atoms with Crippen LogP contribution in [0.1, 0.15) is 31.7 Å². The maximum absolute atomic E-state index is 12.4. The number of piperidine rings is 1. The fraction of sp³-hybridized carbons (Fsp3) is 0.529. The summed E-state index contributed by atoms with van der Waals surface area (Å²) < 4.78 is 0. The summed E-state index contributed by atoms with van der Waals surface area (Å²) in [5.74, 6) is -0.187. The number of nitrogens with zero attached hydrogens (tertiary/aromatic N) is 1. The number of carboxylic acids is 1. The Bertz CT molecular complexity index is 486. The summed E-state index contributed by atoms with van der Waals surface area (Å²) >= 11 is 0. The van der Waals surface area contributed by atoms with Crippen molar-refractivity contribution in [3.63, 3.8) is 0 Å². The molecule has 0 bridgehead atoms. The number of rotatable bonds is 5. The lowest BCUT2D eigenvalue weighted by molar-refractivity contribution is -0.138. The van der Waals surface area contributed by atoms with E-state index in [4.69, 9.17) is 5.11 Å². The van der Waals surface area contributed by atoms with E-state index >= 15 is 0 Å². The second-order valence-corrected chi connectivity index (χ2v) is 5.98. The van der Waals surface area contributed by atoms with Gasteiger partial charge in [0.1, 0.15) is 0 Å². The van der Waals surface area contributed by atoms with E-state index in [2.05, 4.69) is 0 Å². The zero-order valence-corrected chi connectivity index (χ0v) is 12.5. The van der Waals surface area contributed by atoms with E-state index in [1.165, 1.54) is 0 Å². The number of hydrogen-bond acceptors (Lipinski definition) is 2. The molecule has 1 amide bonds. The Morgan fingerprint density at radius 3 is 2.71 bits per heavy atom. The van der Waals surface area contributed by atoms with Gasteiger partial charge in [0.05, 0.1) is 6.42 Å². The van der Waals surface area contributed by atoms with Gasteiger partial charge in [-0.05, 0) is 30.2 Å². The third kappa shape index (κ3) is 4.59. The molecule has 1 N–H and O–H groups in total. The summed E-state index contributed by atoms with van der Waals surface area (Å²) in [5.41, 5.74) is 1.03. The van der Waals surface area contributed by atoms with E-state index < -0.39 is 5.97 Å². The first-order valence-electron chi connectivity index (χ1n) is 7.59. The molecule has 4 nitrogen and oxygen atoms in total. The molecule has 21 heavy (non-hydrogen) atoms. The minimum atomic E-state index is -0.754. The van der Waals surface area contributed by atoms with Crippen LogP contribution in [0, 0.1) is 11.8 Å². The van der Waals surface area contributed by atoms with E-state index in [1.54, 1.807) is 0 Å². The van der Waals surface area contributed by atoms with E-state index in [1.807, 2.05) is 42.2 Å². The third-order valence-electron chi connectivity index (χ3n) is 4.31. The van der Waals surface area contributed by atoms with Crippen LogP contribution in [0.5, 0.6) is 0 Å². The van der Waals surface area contributed by atoms with Gasteiger partial charge in [0.25, 0.3) is 0 Å². The number of carbonyl (C=O) groups excluding carboxylic acids is 1. The van der Waals surface area contributed by atoms with Crippen molar-refractivity contribution in [2.24, 2.45) is 11.8 Å². The van der Waals surface area contributed by atoms with Gasteiger partial charge in [-0.2, -0.15) is 0 Å². The summed E-state index contributed by atoms with van der Waals surface area (Å²) in [6.07, 6.45) is 2.60. The van der Waals surface area contributed by atoms with Gasteiger partial charge in [0.2, 0.25) is 5.91 Å². The van der Waals surface area contributed by atoms with Gasteiger partial charge < -0.3 is 10.0 Å². The van der Waals surface area contributed by atoms with Crippen molar-refractivity contribution in [2.75, 3.05) is 13.1 Å². The van der Waals surface area contributed by atoms with Gasteiger partial charge in [-0.3, -0.25) is 9.59 Å². The zero-order chi connectivity index (χ0) is 15.2. The number of aliphatic carboxylic acids is 1. The van der Waals surface area contributed by atoms with Crippen LogP contribution in [0.4, 0.5) is 0 Å². The Morgan fingerprint density at radius 1 is 1.33 bits per heavy atom. The predicted octanol–water partition coefficient (Wildman–Crippen LogP) is 2.58. The molecule has 0 radical (unpaired) electrons. The van der Waals surface area contributed by atoms with Gasteiger partial charge in [-0.25, -0.2) is 0 Å². The molecule has 1 aliphatic heterocycles. The van der Waals surface area contributed by atoms with Crippen molar-refractivity contribution >= 4 is 11.9 Å². The van der Waals surface area contributed by atoms with Crippen LogP contribution < -0.4 is 0 Å². The van der Waals surface area contributed by atoms with Crippen LogP contribution >= 0.6 is 0 Å². The molecule has 1 saturated heterocycles. The molecule has 0 aromatic heterocycles. The number of likely N-dealkylation sites (tertiary alicyclic amines) is 1. The molecule has 2 unspecified atom stereocenters. The summed E-state index contributed by atoms with van der Waals surface area (Å²) in [6.45, 7) is 3.46. The normalized spacial score (nSPS) is 20.0. The Labute approximate surface area is 125 Å². The van der Waals surface area contributed by atoms with Gasteiger partial charge in [-0.15, -0.1) is 0 Å². The first-order valence-corrected chi connectivity index (χ1v) is 7.59. The van der Waals surface area contributed by atoms with Gasteiger partial charge in [-0.1, -0.05) is 37.3 Å². The molecule has 2 rings (SSSR count). The lowest BCUT2D eigenvalue weighted by Gasteiger charge is -2.35. The van der Waals surface area contributed by atoms with Gasteiger partial charge in [0.15, 0.2) is 0 Å². The second-order valence-electron chi connectivity index (χ2n) is 5.98. The van der Waals surface area contributed by atoms with Gasteiger partial charge in [0, 0.05) is 19.5 Å². The molecule has 1 aromatic carbocycles. The highest BCUT2D eigenvalue weighted by Crippen LogP contribution is 2.26. The molecule has 114 valence electrons. The van der Waals surface area contributed by atoms with Crippen molar-refractivity contribution < 1.29 is 14.7 Å². The maximum Gasteiger partial charge on any atom is 0.303 e. The Balaban J connectivity index is 1.91. The maximum atomic E-state index is 12.4. The number of hydrogen-bond donors (Lipinski definition) is 1. The van der Waals surface area contributed by atoms with Crippen LogP contribution in [0.15, 0.2) is 30.3 Å². The van der Waals surface area contributed by atoms with Crippen LogP contribution in [0.25, 0.3) is 0 Å². The summed E-state index contributed by atoms with van der Waals surface area (Å²) in [7, 11) is 0. The van der Waals surface area contributed by atoms with E-state index in [0.717, 1.165) is 24.9 Å². The lowest BCUT2D eigenvalue weighted by Crippen LogP contribution is -2.42. The average Bonchev–Trinajstić information content (AvgIpc) is 2.47. The van der Waals surface area contributed by atoms with Crippen molar-refractivity contribution in [3.05, 3.63) is 35.9 Å². The number of amides is 1. The van der Waals surface area contributed by atoms with E-state index in [0.29, 0.717) is 18.9 Å². The van der Waals surface area contributed by atoms with E-state index in [-0.39, 0.29) is 18.2 Å². The fourth-order valence-electron chi connectivity index (χ4n) is 3.03. The fourth-order valence-corrected chi connectivity index (χ4v) is 3.03. The van der Waals surface area contributed by atoms with Crippen molar-refractivity contribution in [3.8, 4) is 0 Å². The summed E-state index contributed by atoms with van der Waals surface area (Å²) in [5, 5.41) is 8.90. The topological polar surface area (TPSA) is 57.6 Å². The van der Waals surface area contributed by atoms with Crippen LogP contribution in [-0.2, 0) is 16.0 Å². The highest BCUT2D eigenvalue weighted by Gasteiger charge is 2.28. The first-order chi connectivity index (χ1) is 10.1. The molecule has 1 heterocycles. The standard InChI is InChI=1S/C17H23NO3/c1-13(10-17(20)21)15-8-5-9-18(12-15)16(19)11-14-6-3-2-4-7-14/h2-4,6-7,13,15H,5,8-12H2,1H3,(H,20,21). The first kappa shape index (κ1) is 15.5. The highest BCUT2D eigenvalue weighted by molar-refractivity contribution is 5.78. The quantitative estimate of drug-likeness (QED) is 0.906. The number of carbonyl (C=O) groups is 2. The minimum absolute atomic E-state index is 0.120.